The van der Waals surface area contributed by atoms with Crippen LogP contribution in [0, 0.1) is 0 Å². The van der Waals surface area contributed by atoms with Gasteiger partial charge in [0.2, 0.25) is 0 Å². The van der Waals surface area contributed by atoms with Gasteiger partial charge in [-0.3, -0.25) is 9.69 Å². The summed E-state index contributed by atoms with van der Waals surface area (Å²) in [4.78, 5) is 26.1. The molecule has 23 heavy (non-hydrogen) atoms. The Morgan fingerprint density at radius 3 is 2.57 bits per heavy atom. The minimum absolute atomic E-state index is 0.231. The first-order valence-electron chi connectivity index (χ1n) is 6.78. The molecule has 1 aliphatic heterocycles. The Morgan fingerprint density at radius 1 is 1.35 bits per heavy atom. The number of thioether (sulfide) groups is 1. The fraction of sp³-hybridized carbons (Fsp3) is 0.188. The van der Waals surface area contributed by atoms with Gasteiger partial charge < -0.3 is 14.8 Å². The lowest BCUT2D eigenvalue weighted by atomic mass is 10.2. The standard InChI is InChI=1S/C16H16N2O3S2/c1-17(2)12-8-6-11(7-9-12)4-3-5-13-15(21)18(10-14(19)20)16(22)23-13/h3-9H,10H2,1-2H3,(H,19,20)/p-1/b4-3+,13-5+. The first-order valence-corrected chi connectivity index (χ1v) is 8.00. The largest absolute Gasteiger partial charge is 0.548 e. The number of allylic oxidation sites excluding steroid dienone is 2. The normalized spacial score (nSPS) is 16.6. The lowest BCUT2D eigenvalue weighted by molar-refractivity contribution is -0.305. The van der Waals surface area contributed by atoms with Crippen LogP contribution in [0.3, 0.4) is 0 Å². The molecule has 1 aromatic carbocycles. The third-order valence-electron chi connectivity index (χ3n) is 3.11. The van der Waals surface area contributed by atoms with E-state index in [0.29, 0.717) is 4.91 Å². The van der Waals surface area contributed by atoms with E-state index in [2.05, 4.69) is 0 Å². The molecular weight excluding hydrogens is 332 g/mol. The number of rotatable bonds is 5. The zero-order valence-electron chi connectivity index (χ0n) is 12.7. The number of anilines is 1. The van der Waals surface area contributed by atoms with Gasteiger partial charge >= 0.3 is 0 Å². The molecule has 1 heterocycles. The van der Waals surface area contributed by atoms with Gasteiger partial charge in [0.05, 0.1) is 17.4 Å². The number of benzene rings is 1. The fourth-order valence-electron chi connectivity index (χ4n) is 1.91. The van der Waals surface area contributed by atoms with Crippen LogP contribution < -0.4 is 10.0 Å². The highest BCUT2D eigenvalue weighted by atomic mass is 32.2. The van der Waals surface area contributed by atoms with E-state index in [1.165, 1.54) is 0 Å². The number of hydrogen-bond acceptors (Lipinski definition) is 6. The van der Waals surface area contributed by atoms with Crippen molar-refractivity contribution in [3.05, 3.63) is 46.9 Å². The first-order chi connectivity index (χ1) is 10.9. The van der Waals surface area contributed by atoms with Crippen LogP contribution in [0.2, 0.25) is 0 Å². The molecule has 0 spiro atoms. The predicted octanol–water partition coefficient (Wildman–Crippen LogP) is 1.26. The lowest BCUT2D eigenvalue weighted by Gasteiger charge is -2.14. The van der Waals surface area contributed by atoms with Crippen molar-refractivity contribution in [3.8, 4) is 0 Å². The van der Waals surface area contributed by atoms with Gasteiger partial charge in [0.1, 0.15) is 4.32 Å². The molecule has 1 amide bonds. The molecule has 5 nitrogen and oxygen atoms in total. The molecule has 7 heteroatoms. The molecule has 1 aliphatic rings. The number of hydrogen-bond donors (Lipinski definition) is 0. The summed E-state index contributed by atoms with van der Waals surface area (Å²) in [5, 5.41) is 10.6. The predicted molar refractivity (Wildman–Crippen MR) is 94.8 cm³/mol. The number of carbonyl (C=O) groups excluding carboxylic acids is 2. The van der Waals surface area contributed by atoms with Gasteiger partial charge in [-0.1, -0.05) is 48.3 Å². The van der Waals surface area contributed by atoms with E-state index in [1.807, 2.05) is 49.3 Å². The molecule has 1 aromatic rings. The molecule has 0 N–H and O–H groups in total. The maximum atomic E-state index is 12.0. The van der Waals surface area contributed by atoms with E-state index in [1.54, 1.807) is 12.2 Å². The molecule has 0 unspecified atom stereocenters. The minimum Gasteiger partial charge on any atom is -0.548 e. The van der Waals surface area contributed by atoms with Crippen LogP contribution in [0.1, 0.15) is 5.56 Å². The van der Waals surface area contributed by atoms with Gasteiger partial charge in [-0.25, -0.2) is 0 Å². The third kappa shape index (κ3) is 4.43. The van der Waals surface area contributed by atoms with Crippen molar-refractivity contribution in [1.29, 1.82) is 0 Å². The fourth-order valence-corrected chi connectivity index (χ4v) is 3.12. The Hall–Kier alpha value is -2.12. The molecule has 0 saturated carbocycles. The van der Waals surface area contributed by atoms with Crippen molar-refractivity contribution >= 4 is 51.9 Å². The highest BCUT2D eigenvalue weighted by molar-refractivity contribution is 8.26. The second-order valence-corrected chi connectivity index (χ2v) is 6.68. The molecule has 0 aliphatic carbocycles. The zero-order chi connectivity index (χ0) is 17.0. The molecular formula is C16H15N2O3S2-. The van der Waals surface area contributed by atoms with Crippen molar-refractivity contribution in [1.82, 2.24) is 4.90 Å². The van der Waals surface area contributed by atoms with Crippen LogP contribution in [-0.2, 0) is 9.59 Å². The molecule has 1 fully saturated rings. The van der Waals surface area contributed by atoms with Crippen LogP contribution in [0.5, 0.6) is 0 Å². The average molecular weight is 347 g/mol. The second-order valence-electron chi connectivity index (χ2n) is 5.01. The van der Waals surface area contributed by atoms with E-state index in [0.717, 1.165) is 27.9 Å². The van der Waals surface area contributed by atoms with Gasteiger partial charge in [-0.15, -0.1) is 0 Å². The summed E-state index contributed by atoms with van der Waals surface area (Å²) in [5.74, 6) is -1.74. The van der Waals surface area contributed by atoms with Crippen LogP contribution in [0.4, 0.5) is 5.69 Å². The number of carboxylic acid groups (broad SMARTS) is 1. The van der Waals surface area contributed by atoms with E-state index in [9.17, 15) is 14.7 Å². The Morgan fingerprint density at radius 2 is 2.00 bits per heavy atom. The Labute approximate surface area is 144 Å². The quantitative estimate of drug-likeness (QED) is 0.590. The van der Waals surface area contributed by atoms with Crippen molar-refractivity contribution in [3.63, 3.8) is 0 Å². The summed E-state index contributed by atoms with van der Waals surface area (Å²) in [6.45, 7) is -0.516. The number of amides is 1. The maximum Gasteiger partial charge on any atom is 0.266 e. The monoisotopic (exact) mass is 347 g/mol. The molecule has 2 rings (SSSR count). The van der Waals surface area contributed by atoms with Crippen molar-refractivity contribution < 1.29 is 14.7 Å². The highest BCUT2D eigenvalue weighted by Gasteiger charge is 2.31. The van der Waals surface area contributed by atoms with Crippen molar-refractivity contribution in [2.45, 2.75) is 0 Å². The summed E-state index contributed by atoms with van der Waals surface area (Å²) in [5.41, 5.74) is 2.10. The number of carboxylic acids is 1. The number of aliphatic carboxylic acids is 1. The maximum absolute atomic E-state index is 12.0. The van der Waals surface area contributed by atoms with E-state index < -0.39 is 18.4 Å². The van der Waals surface area contributed by atoms with Crippen LogP contribution in [-0.4, -0.2) is 41.7 Å². The Kier molecular flexibility index (Phi) is 5.57. The summed E-state index contributed by atoms with van der Waals surface area (Å²) in [7, 11) is 3.94. The smallest absolute Gasteiger partial charge is 0.266 e. The topological polar surface area (TPSA) is 63.7 Å². The summed E-state index contributed by atoms with van der Waals surface area (Å²) in [6, 6.07) is 7.94. The van der Waals surface area contributed by atoms with Gasteiger partial charge in [-0.05, 0) is 23.8 Å². The number of nitrogens with zero attached hydrogens (tertiary/aromatic N) is 2. The highest BCUT2D eigenvalue weighted by Crippen LogP contribution is 2.30. The van der Waals surface area contributed by atoms with Gasteiger partial charge in [-0.2, -0.15) is 0 Å². The number of thiocarbonyl (C=S) groups is 1. The van der Waals surface area contributed by atoms with E-state index in [-0.39, 0.29) is 4.32 Å². The number of carbonyl (C=O) groups is 2. The molecule has 120 valence electrons. The van der Waals surface area contributed by atoms with Gasteiger partial charge in [0, 0.05) is 19.8 Å². The van der Waals surface area contributed by atoms with Crippen LogP contribution in [0.25, 0.3) is 6.08 Å². The summed E-state index contributed by atoms with van der Waals surface area (Å²) >= 11 is 6.09. The molecule has 0 bridgehead atoms. The van der Waals surface area contributed by atoms with Gasteiger partial charge in [0.15, 0.2) is 0 Å². The first kappa shape index (κ1) is 17.2. The molecule has 0 atom stereocenters. The van der Waals surface area contributed by atoms with Crippen LogP contribution >= 0.6 is 24.0 Å². The minimum atomic E-state index is -1.33. The lowest BCUT2D eigenvalue weighted by Crippen LogP contribution is -2.40. The van der Waals surface area contributed by atoms with Gasteiger partial charge in [0.25, 0.3) is 5.91 Å². The Balaban J connectivity index is 2.06. The average Bonchev–Trinajstić information content (AvgIpc) is 2.75. The summed E-state index contributed by atoms with van der Waals surface area (Å²) in [6.07, 6.45) is 5.25. The summed E-state index contributed by atoms with van der Waals surface area (Å²) < 4.78 is 0.231. The molecule has 1 saturated heterocycles. The molecule has 0 aromatic heterocycles. The molecule has 0 radical (unpaired) electrons. The SMILES string of the molecule is CN(C)c1ccc(/C=C/C=C2/SC(=S)N(CC(=O)[O-])C2=O)cc1. The van der Waals surface area contributed by atoms with E-state index >= 15 is 0 Å². The Bertz CT molecular complexity index is 694. The van der Waals surface area contributed by atoms with Crippen molar-refractivity contribution in [2.75, 3.05) is 25.5 Å². The second kappa shape index (κ2) is 7.43. The van der Waals surface area contributed by atoms with E-state index in [4.69, 9.17) is 12.2 Å². The van der Waals surface area contributed by atoms with Crippen molar-refractivity contribution in [2.24, 2.45) is 0 Å². The zero-order valence-corrected chi connectivity index (χ0v) is 14.3. The third-order valence-corrected chi connectivity index (χ3v) is 4.50. The van der Waals surface area contributed by atoms with Crippen LogP contribution in [0.15, 0.2) is 41.3 Å².